The highest BCUT2D eigenvalue weighted by Gasteiger charge is 2.16. The SMILES string of the molecule is CCc1cc2ncc3c(c(-c4ccc(C#N)cc4)nn3C)c2cc1CC. The Kier molecular flexibility index (Phi) is 3.93. The van der Waals surface area contributed by atoms with E-state index in [1.807, 2.05) is 42.2 Å². The molecule has 0 spiro atoms. The van der Waals surface area contributed by atoms with Gasteiger partial charge in [0.15, 0.2) is 0 Å². The summed E-state index contributed by atoms with van der Waals surface area (Å²) >= 11 is 0. The first-order valence-corrected chi connectivity index (χ1v) is 8.94. The van der Waals surface area contributed by atoms with Crippen LogP contribution in [0.15, 0.2) is 42.6 Å². The van der Waals surface area contributed by atoms with Crippen LogP contribution in [0.4, 0.5) is 0 Å². The van der Waals surface area contributed by atoms with E-state index in [1.54, 1.807) is 0 Å². The fraction of sp³-hybridized carbons (Fsp3) is 0.227. The van der Waals surface area contributed by atoms with Crippen molar-refractivity contribution in [3.63, 3.8) is 0 Å². The Morgan fingerprint density at radius 1 is 1.04 bits per heavy atom. The third kappa shape index (κ3) is 2.44. The summed E-state index contributed by atoms with van der Waals surface area (Å²) in [6, 6.07) is 14.3. The number of rotatable bonds is 3. The summed E-state index contributed by atoms with van der Waals surface area (Å²) in [5, 5.41) is 16.1. The van der Waals surface area contributed by atoms with Gasteiger partial charge in [0.2, 0.25) is 0 Å². The first-order chi connectivity index (χ1) is 12.7. The van der Waals surface area contributed by atoms with Crippen LogP contribution in [0.25, 0.3) is 33.1 Å². The van der Waals surface area contributed by atoms with Crippen molar-refractivity contribution >= 4 is 21.8 Å². The fourth-order valence-corrected chi connectivity index (χ4v) is 3.63. The lowest BCUT2D eigenvalue weighted by molar-refractivity contribution is 0.799. The Labute approximate surface area is 152 Å². The summed E-state index contributed by atoms with van der Waals surface area (Å²) in [4.78, 5) is 4.68. The summed E-state index contributed by atoms with van der Waals surface area (Å²) < 4.78 is 1.88. The second kappa shape index (κ2) is 6.27. The van der Waals surface area contributed by atoms with Crippen molar-refractivity contribution in [1.29, 1.82) is 5.26 Å². The molecular weight excluding hydrogens is 320 g/mol. The van der Waals surface area contributed by atoms with Gasteiger partial charge in [0.05, 0.1) is 28.9 Å². The van der Waals surface area contributed by atoms with Gasteiger partial charge in [0, 0.05) is 23.4 Å². The van der Waals surface area contributed by atoms with Gasteiger partial charge in [-0.15, -0.1) is 0 Å². The van der Waals surface area contributed by atoms with Crippen LogP contribution in [0.5, 0.6) is 0 Å². The second-order valence-corrected chi connectivity index (χ2v) is 6.52. The summed E-state index contributed by atoms with van der Waals surface area (Å²) in [6.45, 7) is 4.38. The Balaban J connectivity index is 2.07. The second-order valence-electron chi connectivity index (χ2n) is 6.52. The molecule has 0 atom stereocenters. The molecule has 4 nitrogen and oxygen atoms in total. The normalized spacial score (nSPS) is 11.2. The van der Waals surface area contributed by atoms with E-state index in [1.165, 1.54) is 11.1 Å². The first kappa shape index (κ1) is 16.3. The monoisotopic (exact) mass is 340 g/mol. The molecule has 0 saturated heterocycles. The van der Waals surface area contributed by atoms with Gasteiger partial charge in [-0.3, -0.25) is 9.67 Å². The van der Waals surface area contributed by atoms with Crippen LogP contribution in [0, 0.1) is 11.3 Å². The standard InChI is InChI=1S/C22H20N4/c1-4-15-10-18-19(11-16(15)5-2)24-13-20-21(18)22(25-26(20)3)17-8-6-14(12-23)7-9-17/h6-11,13H,4-5H2,1-3H3. The third-order valence-electron chi connectivity index (χ3n) is 5.05. The summed E-state index contributed by atoms with van der Waals surface area (Å²) in [5.74, 6) is 0. The summed E-state index contributed by atoms with van der Waals surface area (Å²) in [7, 11) is 1.95. The van der Waals surface area contributed by atoms with E-state index >= 15 is 0 Å². The number of fused-ring (bicyclic) bond motifs is 3. The van der Waals surface area contributed by atoms with Gasteiger partial charge >= 0.3 is 0 Å². The lowest BCUT2D eigenvalue weighted by Gasteiger charge is -2.09. The molecule has 0 unspecified atom stereocenters. The van der Waals surface area contributed by atoms with Crippen LogP contribution >= 0.6 is 0 Å². The van der Waals surface area contributed by atoms with E-state index in [2.05, 4.69) is 37.0 Å². The Hall–Kier alpha value is -3.19. The van der Waals surface area contributed by atoms with Crippen molar-refractivity contribution in [3.05, 3.63) is 59.3 Å². The maximum Gasteiger partial charge on any atom is 0.101 e. The molecular formula is C22H20N4. The van der Waals surface area contributed by atoms with Crippen LogP contribution < -0.4 is 0 Å². The molecule has 0 radical (unpaired) electrons. The molecule has 0 saturated carbocycles. The number of nitrogens with zero attached hydrogens (tertiary/aromatic N) is 4. The zero-order valence-corrected chi connectivity index (χ0v) is 15.2. The summed E-state index contributed by atoms with van der Waals surface area (Å²) in [5.41, 5.74) is 7.35. The van der Waals surface area contributed by atoms with Crippen molar-refractivity contribution < 1.29 is 0 Å². The lowest BCUT2D eigenvalue weighted by atomic mass is 9.97. The third-order valence-corrected chi connectivity index (χ3v) is 5.05. The number of benzene rings is 2. The zero-order chi connectivity index (χ0) is 18.3. The van der Waals surface area contributed by atoms with E-state index in [9.17, 15) is 0 Å². The van der Waals surface area contributed by atoms with Crippen LogP contribution in [0.1, 0.15) is 30.5 Å². The van der Waals surface area contributed by atoms with Gasteiger partial charge in [0.1, 0.15) is 5.69 Å². The molecule has 4 heteroatoms. The van der Waals surface area contributed by atoms with Crippen LogP contribution in [-0.2, 0) is 19.9 Å². The topological polar surface area (TPSA) is 54.5 Å². The highest BCUT2D eigenvalue weighted by Crippen LogP contribution is 2.34. The van der Waals surface area contributed by atoms with Crippen molar-refractivity contribution in [2.45, 2.75) is 26.7 Å². The number of aryl methyl sites for hydroxylation is 3. The number of hydrogen-bond donors (Lipinski definition) is 0. The molecule has 128 valence electrons. The number of hydrogen-bond acceptors (Lipinski definition) is 3. The predicted octanol–water partition coefficient (Wildman–Crippen LogP) is 4.78. The maximum atomic E-state index is 9.05. The van der Waals surface area contributed by atoms with Crippen LogP contribution in [0.2, 0.25) is 0 Å². The van der Waals surface area contributed by atoms with Gasteiger partial charge < -0.3 is 0 Å². The predicted molar refractivity (Wildman–Crippen MR) is 105 cm³/mol. The molecule has 0 aliphatic heterocycles. The number of aromatic nitrogens is 3. The minimum Gasteiger partial charge on any atom is -0.266 e. The summed E-state index contributed by atoms with van der Waals surface area (Å²) in [6.07, 6.45) is 3.92. The molecule has 0 bridgehead atoms. The quantitative estimate of drug-likeness (QED) is 0.539. The van der Waals surface area contributed by atoms with Crippen molar-refractivity contribution in [2.24, 2.45) is 7.05 Å². The smallest absolute Gasteiger partial charge is 0.101 e. The van der Waals surface area contributed by atoms with Crippen molar-refractivity contribution in [1.82, 2.24) is 14.8 Å². The molecule has 0 fully saturated rings. The maximum absolute atomic E-state index is 9.05. The molecule has 0 amide bonds. The Morgan fingerprint density at radius 3 is 2.38 bits per heavy atom. The molecule has 2 aromatic carbocycles. The van der Waals surface area contributed by atoms with Crippen LogP contribution in [0.3, 0.4) is 0 Å². The average molecular weight is 340 g/mol. The van der Waals surface area contributed by atoms with E-state index in [0.717, 1.165) is 45.9 Å². The molecule has 0 aliphatic rings. The average Bonchev–Trinajstić information content (AvgIpc) is 3.03. The van der Waals surface area contributed by atoms with Crippen LogP contribution in [-0.4, -0.2) is 14.8 Å². The fourth-order valence-electron chi connectivity index (χ4n) is 3.63. The van der Waals surface area contributed by atoms with Gasteiger partial charge in [-0.05, 0) is 48.2 Å². The minimum atomic E-state index is 0.654. The highest BCUT2D eigenvalue weighted by atomic mass is 15.3. The first-order valence-electron chi connectivity index (χ1n) is 8.94. The van der Waals surface area contributed by atoms with E-state index in [-0.39, 0.29) is 0 Å². The highest BCUT2D eigenvalue weighted by molar-refractivity contribution is 6.11. The molecule has 0 aliphatic carbocycles. The molecule has 4 rings (SSSR count). The molecule has 0 N–H and O–H groups in total. The molecule has 2 aromatic heterocycles. The lowest BCUT2D eigenvalue weighted by Crippen LogP contribution is -1.94. The molecule has 26 heavy (non-hydrogen) atoms. The van der Waals surface area contributed by atoms with E-state index in [0.29, 0.717) is 5.56 Å². The Morgan fingerprint density at radius 2 is 1.73 bits per heavy atom. The zero-order valence-electron chi connectivity index (χ0n) is 15.2. The van der Waals surface area contributed by atoms with Gasteiger partial charge in [-0.2, -0.15) is 10.4 Å². The van der Waals surface area contributed by atoms with Gasteiger partial charge in [-0.25, -0.2) is 0 Å². The van der Waals surface area contributed by atoms with Crippen molar-refractivity contribution in [2.75, 3.05) is 0 Å². The van der Waals surface area contributed by atoms with Crippen molar-refractivity contribution in [3.8, 4) is 17.3 Å². The number of pyridine rings is 1. The van der Waals surface area contributed by atoms with E-state index in [4.69, 9.17) is 10.4 Å². The van der Waals surface area contributed by atoms with Gasteiger partial charge in [-0.1, -0.05) is 26.0 Å². The molecule has 4 aromatic rings. The van der Waals surface area contributed by atoms with E-state index < -0.39 is 0 Å². The van der Waals surface area contributed by atoms with Gasteiger partial charge in [0.25, 0.3) is 0 Å². The number of nitriles is 1. The largest absolute Gasteiger partial charge is 0.266 e. The molecule has 2 heterocycles. The minimum absolute atomic E-state index is 0.654. The Bertz CT molecular complexity index is 1160.